The Morgan fingerprint density at radius 1 is 1.10 bits per heavy atom. The number of carbonyl (C=O) groups excluding carboxylic acids is 1. The Morgan fingerprint density at radius 2 is 1.90 bits per heavy atom. The molecule has 0 saturated carbocycles. The van der Waals surface area contributed by atoms with Crippen molar-refractivity contribution in [2.45, 2.75) is 0 Å². The fraction of sp³-hybridized carbons (Fsp3) is 0.385. The molecule has 0 bridgehead atoms. The maximum absolute atomic E-state index is 15.0. The summed E-state index contributed by atoms with van der Waals surface area (Å²) >= 11 is -0.871. The third-order valence-electron chi connectivity index (χ3n) is 7.21. The van der Waals surface area contributed by atoms with E-state index in [0.717, 1.165) is 19.6 Å². The van der Waals surface area contributed by atoms with Gasteiger partial charge < -0.3 is 29.8 Å². The molecule has 1 amide bonds. The van der Waals surface area contributed by atoms with E-state index in [0.29, 0.717) is 78.5 Å². The first-order chi connectivity index (χ1) is 19.4. The topological polar surface area (TPSA) is 144 Å². The van der Waals surface area contributed by atoms with Crippen molar-refractivity contribution in [1.82, 2.24) is 29.4 Å². The van der Waals surface area contributed by atoms with E-state index < -0.39 is 17.0 Å². The fourth-order valence-corrected chi connectivity index (χ4v) is 6.04. The van der Waals surface area contributed by atoms with Gasteiger partial charge in [0.05, 0.1) is 25.0 Å². The van der Waals surface area contributed by atoms with E-state index in [1.54, 1.807) is 35.4 Å². The predicted octanol–water partition coefficient (Wildman–Crippen LogP) is 1.54. The van der Waals surface area contributed by atoms with E-state index in [-0.39, 0.29) is 11.9 Å². The van der Waals surface area contributed by atoms with Crippen LogP contribution in [0.25, 0.3) is 17.1 Å². The first-order valence-corrected chi connectivity index (χ1v) is 14.7. The Hall–Kier alpha value is -3.88. The molecular formula is C26H30FN9O3S. The molecule has 0 unspecified atom stereocenters. The summed E-state index contributed by atoms with van der Waals surface area (Å²) in [6.45, 7) is 5.13. The van der Waals surface area contributed by atoms with Gasteiger partial charge in [-0.3, -0.25) is 9.69 Å². The molecule has 14 heteroatoms. The van der Waals surface area contributed by atoms with Gasteiger partial charge in [0.15, 0.2) is 11.4 Å². The summed E-state index contributed by atoms with van der Waals surface area (Å²) < 4.78 is 33.5. The summed E-state index contributed by atoms with van der Waals surface area (Å²) in [4.78, 5) is 27.5. The van der Waals surface area contributed by atoms with E-state index in [1.165, 1.54) is 10.6 Å². The number of carbonyl (C=O) groups is 1. The molecule has 210 valence electrons. The van der Waals surface area contributed by atoms with E-state index in [2.05, 4.69) is 25.3 Å². The average molecular weight is 568 g/mol. The molecule has 3 N–H and O–H groups in total. The molecule has 0 atom stereocenters. The van der Waals surface area contributed by atoms with Crippen molar-refractivity contribution in [2.24, 2.45) is 0 Å². The van der Waals surface area contributed by atoms with Gasteiger partial charge in [-0.2, -0.15) is 19.6 Å². The van der Waals surface area contributed by atoms with E-state index >= 15 is 4.39 Å². The van der Waals surface area contributed by atoms with Gasteiger partial charge in [-0.1, -0.05) is 11.2 Å². The Morgan fingerprint density at radius 3 is 2.62 bits per heavy atom. The lowest BCUT2D eigenvalue weighted by Crippen LogP contribution is -2.48. The zero-order valence-electron chi connectivity index (χ0n) is 21.8. The Bertz CT molecular complexity index is 1480. The highest BCUT2D eigenvalue weighted by Gasteiger charge is 2.26. The van der Waals surface area contributed by atoms with Crippen LogP contribution in [0, 0.1) is 5.82 Å². The SMILES string of the molecule is Nc1nc(NCCN2CCN(c3ccc(C(=O)N4CC[S+]([O-])CC4)cc3F)CC2)nc2cc(-c3ccco3)nn12. The number of furan rings is 1. The van der Waals surface area contributed by atoms with Gasteiger partial charge in [-0.05, 0) is 30.3 Å². The van der Waals surface area contributed by atoms with E-state index in [4.69, 9.17) is 10.2 Å². The molecule has 3 aromatic heterocycles. The normalized spacial score (nSPS) is 17.1. The number of piperazine rings is 1. The number of anilines is 3. The zero-order chi connectivity index (χ0) is 27.6. The lowest BCUT2D eigenvalue weighted by molar-refractivity contribution is 0.0769. The molecule has 2 saturated heterocycles. The summed E-state index contributed by atoms with van der Waals surface area (Å²) in [7, 11) is 0. The Kier molecular flexibility index (Phi) is 7.45. The molecule has 12 nitrogen and oxygen atoms in total. The summed E-state index contributed by atoms with van der Waals surface area (Å²) in [5.74, 6) is 1.60. The summed E-state index contributed by atoms with van der Waals surface area (Å²) in [6, 6.07) is 10.1. The summed E-state index contributed by atoms with van der Waals surface area (Å²) in [5, 5.41) is 7.63. The van der Waals surface area contributed by atoms with Crippen LogP contribution in [-0.2, 0) is 11.2 Å². The number of nitrogen functional groups attached to an aromatic ring is 1. The number of amides is 1. The average Bonchev–Trinajstić information content (AvgIpc) is 3.64. The smallest absolute Gasteiger partial charge is 0.254 e. The Labute approximate surface area is 233 Å². The third kappa shape index (κ3) is 5.55. The molecule has 5 heterocycles. The minimum Gasteiger partial charge on any atom is -0.616 e. The van der Waals surface area contributed by atoms with Crippen LogP contribution in [0.4, 0.5) is 22.0 Å². The molecule has 0 radical (unpaired) electrons. The van der Waals surface area contributed by atoms with E-state index in [1.807, 2.05) is 11.0 Å². The summed E-state index contributed by atoms with van der Waals surface area (Å²) in [6.07, 6.45) is 1.58. The minimum atomic E-state index is -0.871. The second kappa shape index (κ2) is 11.3. The number of hydrogen-bond acceptors (Lipinski definition) is 10. The second-order valence-corrected chi connectivity index (χ2v) is 11.4. The molecule has 2 aliphatic rings. The van der Waals surface area contributed by atoms with Crippen LogP contribution in [0.3, 0.4) is 0 Å². The number of halogens is 1. The molecule has 6 rings (SSSR count). The number of hydrogen-bond donors (Lipinski definition) is 2. The van der Waals surface area contributed by atoms with Crippen LogP contribution in [0.1, 0.15) is 10.4 Å². The number of rotatable bonds is 7. The molecule has 0 spiro atoms. The van der Waals surface area contributed by atoms with Crippen LogP contribution in [-0.4, -0.2) is 104 Å². The summed E-state index contributed by atoms with van der Waals surface area (Å²) in [5.41, 5.74) is 8.11. The lowest BCUT2D eigenvalue weighted by Gasteiger charge is -2.36. The minimum absolute atomic E-state index is 0.212. The van der Waals surface area contributed by atoms with Gasteiger partial charge >= 0.3 is 0 Å². The Balaban J connectivity index is 1.000. The maximum atomic E-state index is 15.0. The molecule has 4 aromatic rings. The van der Waals surface area contributed by atoms with Gasteiger partial charge in [0.1, 0.15) is 23.0 Å². The van der Waals surface area contributed by atoms with Crippen molar-refractivity contribution < 1.29 is 18.2 Å². The van der Waals surface area contributed by atoms with Crippen LogP contribution in [0.15, 0.2) is 47.1 Å². The fourth-order valence-electron chi connectivity index (χ4n) is 4.99. The molecular weight excluding hydrogens is 537 g/mol. The maximum Gasteiger partial charge on any atom is 0.254 e. The van der Waals surface area contributed by atoms with Crippen molar-refractivity contribution in [3.8, 4) is 11.5 Å². The zero-order valence-corrected chi connectivity index (χ0v) is 22.6. The van der Waals surface area contributed by atoms with Crippen LogP contribution in [0.5, 0.6) is 0 Å². The van der Waals surface area contributed by atoms with Crippen molar-refractivity contribution in [1.29, 1.82) is 0 Å². The second-order valence-electron chi connectivity index (χ2n) is 9.74. The van der Waals surface area contributed by atoms with Gasteiger partial charge in [0.25, 0.3) is 5.91 Å². The first kappa shape index (κ1) is 26.3. The van der Waals surface area contributed by atoms with Crippen LogP contribution in [0.2, 0.25) is 0 Å². The lowest BCUT2D eigenvalue weighted by atomic mass is 10.1. The monoisotopic (exact) mass is 567 g/mol. The largest absolute Gasteiger partial charge is 0.616 e. The number of aromatic nitrogens is 4. The molecule has 2 fully saturated rings. The van der Waals surface area contributed by atoms with Crippen molar-refractivity contribution in [3.63, 3.8) is 0 Å². The number of nitrogens with one attached hydrogen (secondary N) is 1. The number of nitrogens with two attached hydrogens (primary N) is 1. The highest BCUT2D eigenvalue weighted by molar-refractivity contribution is 7.91. The van der Waals surface area contributed by atoms with Gasteiger partial charge in [-0.25, -0.2) is 4.39 Å². The van der Waals surface area contributed by atoms with Crippen molar-refractivity contribution >= 4 is 40.3 Å². The molecule has 40 heavy (non-hydrogen) atoms. The predicted molar refractivity (Wildman–Crippen MR) is 150 cm³/mol. The quantitative estimate of drug-likeness (QED) is 0.316. The standard InChI is InChI=1S/C26H30FN9O3S/c27-19-16-18(24(37)35-11-14-40(38)15-12-35)3-4-21(19)34-9-7-33(8-10-34)6-5-29-26-30-23-17-20(22-2-1-13-39-22)32-36(23)25(28)31-26/h1-4,13,16-17H,5-12,14-15H2,(H3,28,29,30,31). The first-order valence-electron chi connectivity index (χ1n) is 13.2. The molecule has 2 aliphatic heterocycles. The van der Waals surface area contributed by atoms with Gasteiger partial charge in [-0.15, -0.1) is 0 Å². The van der Waals surface area contributed by atoms with Crippen molar-refractivity contribution in [2.75, 3.05) is 79.8 Å². The van der Waals surface area contributed by atoms with Crippen LogP contribution >= 0.6 is 0 Å². The number of benzene rings is 1. The van der Waals surface area contributed by atoms with Gasteiger partial charge in [0.2, 0.25) is 11.9 Å². The third-order valence-corrected chi connectivity index (χ3v) is 8.48. The van der Waals surface area contributed by atoms with Crippen LogP contribution < -0.4 is 16.0 Å². The number of fused-ring (bicyclic) bond motifs is 1. The van der Waals surface area contributed by atoms with Gasteiger partial charge in [0, 0.05) is 50.9 Å². The molecule has 1 aromatic carbocycles. The molecule has 0 aliphatic carbocycles. The van der Waals surface area contributed by atoms with Crippen molar-refractivity contribution in [3.05, 3.63) is 54.0 Å². The van der Waals surface area contributed by atoms with E-state index in [9.17, 15) is 9.35 Å². The highest BCUT2D eigenvalue weighted by atomic mass is 32.2. The number of nitrogens with zero attached hydrogens (tertiary/aromatic N) is 7. The highest BCUT2D eigenvalue weighted by Crippen LogP contribution is 2.24.